The van der Waals surface area contributed by atoms with Crippen molar-refractivity contribution in [1.29, 1.82) is 0 Å². The summed E-state index contributed by atoms with van der Waals surface area (Å²) in [6, 6.07) is 3.40. The standard InChI is InChI=1S/C11H13ClF3N.ClH/c1-2-3-10(16)7-4-5-8(9(12)6-7)11(13,14)15;/h4-6,10H,2-3,16H2,1H3;1H/t10-;/m1./s1. The van der Waals surface area contributed by atoms with Crippen LogP contribution in [0.1, 0.15) is 36.9 Å². The van der Waals surface area contributed by atoms with Crippen LogP contribution in [0, 0.1) is 0 Å². The van der Waals surface area contributed by atoms with Gasteiger partial charge in [-0.1, -0.05) is 31.0 Å². The molecule has 0 radical (unpaired) electrons. The minimum absolute atomic E-state index is 0. The highest BCUT2D eigenvalue weighted by Gasteiger charge is 2.33. The zero-order chi connectivity index (χ0) is 12.3. The first kappa shape index (κ1) is 16.6. The molecule has 0 saturated heterocycles. The van der Waals surface area contributed by atoms with Crippen LogP contribution in [0.15, 0.2) is 18.2 Å². The molecule has 0 fully saturated rings. The number of nitrogens with two attached hydrogens (primary N) is 1. The van der Waals surface area contributed by atoms with Gasteiger partial charge in [-0.05, 0) is 24.1 Å². The normalized spacial score (nSPS) is 13.1. The van der Waals surface area contributed by atoms with Gasteiger partial charge < -0.3 is 5.73 Å². The van der Waals surface area contributed by atoms with Crippen molar-refractivity contribution in [2.24, 2.45) is 5.73 Å². The average Bonchev–Trinajstić information content (AvgIpc) is 2.16. The zero-order valence-electron chi connectivity index (χ0n) is 9.22. The second kappa shape index (κ2) is 6.47. The van der Waals surface area contributed by atoms with Crippen LogP contribution >= 0.6 is 24.0 Å². The van der Waals surface area contributed by atoms with E-state index in [0.717, 1.165) is 18.9 Å². The van der Waals surface area contributed by atoms with E-state index in [1.807, 2.05) is 6.92 Å². The van der Waals surface area contributed by atoms with E-state index >= 15 is 0 Å². The fourth-order valence-electron chi connectivity index (χ4n) is 1.47. The third-order valence-electron chi connectivity index (χ3n) is 2.33. The lowest BCUT2D eigenvalue weighted by molar-refractivity contribution is -0.137. The van der Waals surface area contributed by atoms with Gasteiger partial charge in [0.2, 0.25) is 0 Å². The van der Waals surface area contributed by atoms with Crippen LogP contribution < -0.4 is 5.73 Å². The Kier molecular flexibility index (Phi) is 6.30. The lowest BCUT2D eigenvalue weighted by Gasteiger charge is -2.14. The van der Waals surface area contributed by atoms with Crippen molar-refractivity contribution in [2.75, 3.05) is 0 Å². The molecule has 17 heavy (non-hydrogen) atoms. The summed E-state index contributed by atoms with van der Waals surface area (Å²) in [5.74, 6) is 0. The predicted octanol–water partition coefficient (Wildman–Crippen LogP) is 4.58. The average molecular weight is 288 g/mol. The minimum Gasteiger partial charge on any atom is -0.324 e. The van der Waals surface area contributed by atoms with E-state index in [9.17, 15) is 13.2 Å². The Balaban J connectivity index is 0.00000256. The van der Waals surface area contributed by atoms with Gasteiger partial charge in [0, 0.05) is 6.04 Å². The van der Waals surface area contributed by atoms with Crippen molar-refractivity contribution in [3.05, 3.63) is 34.3 Å². The Morgan fingerprint density at radius 2 is 1.94 bits per heavy atom. The van der Waals surface area contributed by atoms with Crippen LogP contribution in [-0.2, 0) is 6.18 Å². The van der Waals surface area contributed by atoms with Crippen molar-refractivity contribution >= 4 is 24.0 Å². The molecule has 0 bridgehead atoms. The first-order chi connectivity index (χ1) is 7.36. The maximum Gasteiger partial charge on any atom is 0.417 e. The summed E-state index contributed by atoms with van der Waals surface area (Å²) in [5, 5.41) is -0.295. The Bertz CT molecular complexity index is 366. The second-order valence-corrected chi connectivity index (χ2v) is 4.04. The van der Waals surface area contributed by atoms with Gasteiger partial charge in [-0.2, -0.15) is 13.2 Å². The molecule has 1 aromatic carbocycles. The number of benzene rings is 1. The monoisotopic (exact) mass is 287 g/mol. The molecule has 1 aromatic rings. The summed E-state index contributed by atoms with van der Waals surface area (Å²) in [7, 11) is 0. The highest BCUT2D eigenvalue weighted by molar-refractivity contribution is 6.31. The van der Waals surface area contributed by atoms with Gasteiger partial charge in [-0.3, -0.25) is 0 Å². The molecule has 1 atom stereocenters. The van der Waals surface area contributed by atoms with Gasteiger partial charge in [0.25, 0.3) is 0 Å². The lowest BCUT2D eigenvalue weighted by Crippen LogP contribution is -2.11. The molecule has 0 unspecified atom stereocenters. The number of rotatable bonds is 3. The molecular weight excluding hydrogens is 274 g/mol. The Labute approximate surface area is 110 Å². The molecule has 0 amide bonds. The highest BCUT2D eigenvalue weighted by Crippen LogP contribution is 2.35. The van der Waals surface area contributed by atoms with Gasteiger partial charge in [0.05, 0.1) is 10.6 Å². The summed E-state index contributed by atoms with van der Waals surface area (Å²) < 4.78 is 37.2. The maximum atomic E-state index is 12.4. The molecular formula is C11H14Cl2F3N. The van der Waals surface area contributed by atoms with E-state index in [4.69, 9.17) is 17.3 Å². The molecule has 1 nitrogen and oxygen atoms in total. The van der Waals surface area contributed by atoms with Crippen LogP contribution in [-0.4, -0.2) is 0 Å². The van der Waals surface area contributed by atoms with Crippen LogP contribution in [0.4, 0.5) is 13.2 Å². The van der Waals surface area contributed by atoms with Crippen LogP contribution in [0.25, 0.3) is 0 Å². The van der Waals surface area contributed by atoms with Crippen LogP contribution in [0.5, 0.6) is 0 Å². The summed E-state index contributed by atoms with van der Waals surface area (Å²) in [4.78, 5) is 0. The minimum atomic E-state index is -4.41. The third-order valence-corrected chi connectivity index (χ3v) is 2.64. The Morgan fingerprint density at radius 3 is 2.35 bits per heavy atom. The Hall–Kier alpha value is -0.450. The predicted molar refractivity (Wildman–Crippen MR) is 65.5 cm³/mol. The molecule has 0 aliphatic carbocycles. The molecule has 1 rings (SSSR count). The van der Waals surface area contributed by atoms with Crippen molar-refractivity contribution in [3.8, 4) is 0 Å². The summed E-state index contributed by atoms with van der Waals surface area (Å²) in [5.41, 5.74) is 5.61. The highest BCUT2D eigenvalue weighted by atomic mass is 35.5. The van der Waals surface area contributed by atoms with E-state index in [1.54, 1.807) is 0 Å². The van der Waals surface area contributed by atoms with E-state index < -0.39 is 11.7 Å². The molecule has 98 valence electrons. The molecule has 0 spiro atoms. The van der Waals surface area contributed by atoms with E-state index in [-0.39, 0.29) is 23.5 Å². The van der Waals surface area contributed by atoms with Crippen molar-refractivity contribution in [3.63, 3.8) is 0 Å². The zero-order valence-corrected chi connectivity index (χ0v) is 10.8. The molecule has 0 aliphatic rings. The fourth-order valence-corrected chi connectivity index (χ4v) is 1.77. The number of alkyl halides is 3. The third kappa shape index (κ3) is 4.37. The Morgan fingerprint density at radius 1 is 1.35 bits per heavy atom. The van der Waals surface area contributed by atoms with Gasteiger partial charge in [-0.15, -0.1) is 12.4 Å². The van der Waals surface area contributed by atoms with Gasteiger partial charge in [0.1, 0.15) is 0 Å². The SMILES string of the molecule is CCC[C@@H](N)c1ccc(C(F)(F)F)c(Cl)c1.Cl. The van der Waals surface area contributed by atoms with E-state index in [2.05, 4.69) is 0 Å². The molecule has 0 aliphatic heterocycles. The van der Waals surface area contributed by atoms with Gasteiger partial charge in [0.15, 0.2) is 0 Å². The summed E-state index contributed by atoms with van der Waals surface area (Å²) >= 11 is 5.58. The molecule has 2 N–H and O–H groups in total. The van der Waals surface area contributed by atoms with Crippen LogP contribution in [0.2, 0.25) is 5.02 Å². The van der Waals surface area contributed by atoms with Crippen LogP contribution in [0.3, 0.4) is 0 Å². The molecule has 6 heteroatoms. The van der Waals surface area contributed by atoms with E-state index in [1.165, 1.54) is 12.1 Å². The molecule has 0 heterocycles. The fraction of sp³-hybridized carbons (Fsp3) is 0.455. The quantitative estimate of drug-likeness (QED) is 0.865. The van der Waals surface area contributed by atoms with Crippen molar-refractivity contribution < 1.29 is 13.2 Å². The summed E-state index contributed by atoms with van der Waals surface area (Å²) in [6.07, 6.45) is -2.81. The first-order valence-electron chi connectivity index (χ1n) is 4.98. The maximum absolute atomic E-state index is 12.4. The smallest absolute Gasteiger partial charge is 0.324 e. The lowest BCUT2D eigenvalue weighted by atomic mass is 10.0. The van der Waals surface area contributed by atoms with Gasteiger partial charge in [-0.25, -0.2) is 0 Å². The summed E-state index contributed by atoms with van der Waals surface area (Å²) in [6.45, 7) is 1.96. The van der Waals surface area contributed by atoms with Crippen molar-refractivity contribution in [1.82, 2.24) is 0 Å². The number of halogens is 5. The second-order valence-electron chi connectivity index (χ2n) is 3.63. The number of hydrogen-bond acceptors (Lipinski definition) is 1. The van der Waals surface area contributed by atoms with Crippen molar-refractivity contribution in [2.45, 2.75) is 32.0 Å². The topological polar surface area (TPSA) is 26.0 Å². The molecule has 0 saturated carbocycles. The first-order valence-corrected chi connectivity index (χ1v) is 5.36. The largest absolute Gasteiger partial charge is 0.417 e. The molecule has 0 aromatic heterocycles. The number of hydrogen-bond donors (Lipinski definition) is 1. The van der Waals surface area contributed by atoms with E-state index in [0.29, 0.717) is 5.56 Å². The van der Waals surface area contributed by atoms with Gasteiger partial charge >= 0.3 is 6.18 Å².